The second-order valence-electron chi connectivity index (χ2n) is 2.36. The minimum atomic E-state index is -0.535. The maximum atomic E-state index is 12.7. The van der Waals surface area contributed by atoms with Gasteiger partial charge < -0.3 is 14.5 Å². The standard InChI is InChI=1S/C8H10FNO3/c1-12-8(11)10-4-2-7-6(9)3-5-13-7/h3,5H,2,4H2,1H3,(H,10,11). The molecule has 1 amide bonds. The molecule has 0 aromatic carbocycles. The number of ether oxygens (including phenoxy) is 1. The fourth-order valence-electron chi connectivity index (χ4n) is 0.854. The minimum Gasteiger partial charge on any atom is -0.466 e. The molecule has 5 heteroatoms. The zero-order chi connectivity index (χ0) is 9.68. The maximum Gasteiger partial charge on any atom is 0.406 e. The first-order valence-electron chi connectivity index (χ1n) is 3.77. The van der Waals surface area contributed by atoms with Gasteiger partial charge >= 0.3 is 6.09 Å². The molecule has 0 atom stereocenters. The number of methoxy groups -OCH3 is 1. The fourth-order valence-corrected chi connectivity index (χ4v) is 0.854. The first-order valence-corrected chi connectivity index (χ1v) is 3.77. The summed E-state index contributed by atoms with van der Waals surface area (Å²) in [4.78, 5) is 10.6. The number of alkyl carbamates (subject to hydrolysis) is 1. The van der Waals surface area contributed by atoms with Gasteiger partial charge in [0.2, 0.25) is 0 Å². The zero-order valence-corrected chi connectivity index (χ0v) is 7.17. The zero-order valence-electron chi connectivity index (χ0n) is 7.17. The van der Waals surface area contributed by atoms with Crippen molar-refractivity contribution in [1.29, 1.82) is 0 Å². The average molecular weight is 187 g/mol. The van der Waals surface area contributed by atoms with Gasteiger partial charge in [-0.25, -0.2) is 9.18 Å². The van der Waals surface area contributed by atoms with Gasteiger partial charge in [-0.1, -0.05) is 0 Å². The number of carbonyl (C=O) groups excluding carboxylic acids is 1. The normalized spacial score (nSPS) is 9.69. The number of rotatable bonds is 3. The van der Waals surface area contributed by atoms with E-state index >= 15 is 0 Å². The molecule has 0 radical (unpaired) electrons. The highest BCUT2D eigenvalue weighted by Crippen LogP contribution is 2.07. The van der Waals surface area contributed by atoms with Crippen molar-refractivity contribution in [3.63, 3.8) is 0 Å². The summed E-state index contributed by atoms with van der Waals surface area (Å²) in [5, 5.41) is 2.41. The number of furan rings is 1. The van der Waals surface area contributed by atoms with Crippen molar-refractivity contribution in [2.75, 3.05) is 13.7 Å². The summed E-state index contributed by atoms with van der Waals surface area (Å²) in [5.74, 6) is -0.164. The predicted octanol–water partition coefficient (Wildman–Crippen LogP) is 1.32. The second-order valence-corrected chi connectivity index (χ2v) is 2.36. The molecule has 0 aliphatic rings. The van der Waals surface area contributed by atoms with Crippen LogP contribution in [0.25, 0.3) is 0 Å². The molecular weight excluding hydrogens is 177 g/mol. The lowest BCUT2D eigenvalue weighted by molar-refractivity contribution is 0.171. The molecule has 1 aromatic rings. The van der Waals surface area contributed by atoms with Gasteiger partial charge in [0.25, 0.3) is 0 Å². The van der Waals surface area contributed by atoms with E-state index in [2.05, 4.69) is 10.1 Å². The number of hydrogen-bond donors (Lipinski definition) is 1. The highest BCUT2D eigenvalue weighted by atomic mass is 19.1. The van der Waals surface area contributed by atoms with E-state index in [-0.39, 0.29) is 12.3 Å². The molecule has 0 unspecified atom stereocenters. The summed E-state index contributed by atoms with van der Waals surface area (Å²) in [6.07, 6.45) is 1.04. The topological polar surface area (TPSA) is 51.5 Å². The van der Waals surface area contributed by atoms with E-state index in [0.29, 0.717) is 6.42 Å². The Morgan fingerprint density at radius 2 is 2.54 bits per heavy atom. The van der Waals surface area contributed by atoms with Gasteiger partial charge in [-0.3, -0.25) is 0 Å². The van der Waals surface area contributed by atoms with Crippen LogP contribution in [0.2, 0.25) is 0 Å². The molecule has 0 aliphatic heterocycles. The summed E-state index contributed by atoms with van der Waals surface area (Å²) < 4.78 is 21.9. The van der Waals surface area contributed by atoms with Gasteiger partial charge in [-0.2, -0.15) is 0 Å². The Labute approximate surface area is 74.7 Å². The molecule has 13 heavy (non-hydrogen) atoms. The largest absolute Gasteiger partial charge is 0.466 e. The molecule has 1 aromatic heterocycles. The van der Waals surface area contributed by atoms with E-state index in [1.54, 1.807) is 0 Å². The van der Waals surface area contributed by atoms with E-state index in [4.69, 9.17) is 4.42 Å². The number of halogens is 1. The molecule has 1 N–H and O–H groups in total. The molecule has 0 spiro atoms. The molecule has 0 fully saturated rings. The van der Waals surface area contributed by atoms with Gasteiger partial charge in [-0.05, 0) is 0 Å². The number of amides is 1. The van der Waals surface area contributed by atoms with Crippen LogP contribution in [-0.2, 0) is 11.2 Å². The number of carbonyl (C=O) groups is 1. The van der Waals surface area contributed by atoms with Crippen LogP contribution >= 0.6 is 0 Å². The molecule has 0 aliphatic carbocycles. The summed E-state index contributed by atoms with van der Waals surface area (Å²) in [7, 11) is 1.27. The summed E-state index contributed by atoms with van der Waals surface area (Å²) in [5.41, 5.74) is 0. The Morgan fingerprint density at radius 1 is 1.77 bits per heavy atom. The molecule has 0 saturated carbocycles. The van der Waals surface area contributed by atoms with E-state index in [1.807, 2.05) is 0 Å². The molecule has 0 saturated heterocycles. The van der Waals surface area contributed by atoms with Crippen molar-refractivity contribution in [2.24, 2.45) is 0 Å². The van der Waals surface area contributed by atoms with Crippen LogP contribution in [0.4, 0.5) is 9.18 Å². The smallest absolute Gasteiger partial charge is 0.406 e. The lowest BCUT2D eigenvalue weighted by Gasteiger charge is -2.00. The van der Waals surface area contributed by atoms with Gasteiger partial charge in [0, 0.05) is 19.0 Å². The molecular formula is C8H10FNO3. The quantitative estimate of drug-likeness (QED) is 0.776. The predicted molar refractivity (Wildman–Crippen MR) is 42.8 cm³/mol. The highest BCUT2D eigenvalue weighted by Gasteiger charge is 2.05. The highest BCUT2D eigenvalue weighted by molar-refractivity contribution is 5.66. The third kappa shape index (κ3) is 2.77. The van der Waals surface area contributed by atoms with Crippen LogP contribution in [0.3, 0.4) is 0 Å². The summed E-state index contributed by atoms with van der Waals surface area (Å²) in [6, 6.07) is 1.23. The Morgan fingerprint density at radius 3 is 3.08 bits per heavy atom. The van der Waals surface area contributed by atoms with Gasteiger partial charge in [0.05, 0.1) is 13.4 Å². The fraction of sp³-hybridized carbons (Fsp3) is 0.375. The monoisotopic (exact) mass is 187 g/mol. The second kappa shape index (κ2) is 4.49. The van der Waals surface area contributed by atoms with Crippen molar-refractivity contribution >= 4 is 6.09 Å². The van der Waals surface area contributed by atoms with Crippen LogP contribution < -0.4 is 5.32 Å². The number of nitrogens with one attached hydrogen (secondary N) is 1. The van der Waals surface area contributed by atoms with Gasteiger partial charge in [0.15, 0.2) is 5.82 Å². The SMILES string of the molecule is COC(=O)NCCc1occc1F. The van der Waals surface area contributed by atoms with Crippen molar-refractivity contribution in [2.45, 2.75) is 6.42 Å². The first kappa shape index (κ1) is 9.57. The minimum absolute atomic E-state index is 0.233. The van der Waals surface area contributed by atoms with Crippen molar-refractivity contribution in [1.82, 2.24) is 5.32 Å². The molecule has 0 bridgehead atoms. The molecule has 72 valence electrons. The molecule has 1 rings (SSSR count). The number of hydrogen-bond acceptors (Lipinski definition) is 3. The van der Waals surface area contributed by atoms with Gasteiger partial charge in [-0.15, -0.1) is 0 Å². The Hall–Kier alpha value is -1.52. The van der Waals surface area contributed by atoms with Crippen LogP contribution in [0.15, 0.2) is 16.7 Å². The van der Waals surface area contributed by atoms with Crippen LogP contribution in [0.1, 0.15) is 5.76 Å². The van der Waals surface area contributed by atoms with Gasteiger partial charge in [0.1, 0.15) is 5.76 Å². The Bertz CT molecular complexity index is 285. The van der Waals surface area contributed by atoms with E-state index < -0.39 is 11.9 Å². The van der Waals surface area contributed by atoms with Crippen LogP contribution in [0.5, 0.6) is 0 Å². The van der Waals surface area contributed by atoms with E-state index in [9.17, 15) is 9.18 Å². The lowest BCUT2D eigenvalue weighted by Crippen LogP contribution is -2.25. The third-order valence-corrected chi connectivity index (χ3v) is 1.50. The Kier molecular flexibility index (Phi) is 3.31. The van der Waals surface area contributed by atoms with E-state index in [0.717, 1.165) is 0 Å². The summed E-state index contributed by atoms with van der Waals surface area (Å²) in [6.45, 7) is 0.289. The summed E-state index contributed by atoms with van der Waals surface area (Å²) >= 11 is 0. The van der Waals surface area contributed by atoms with E-state index in [1.165, 1.54) is 19.4 Å². The average Bonchev–Trinajstić information content (AvgIpc) is 2.52. The Balaban J connectivity index is 2.28. The van der Waals surface area contributed by atoms with Crippen molar-refractivity contribution in [3.05, 3.63) is 23.9 Å². The lowest BCUT2D eigenvalue weighted by atomic mass is 10.3. The first-order chi connectivity index (χ1) is 6.24. The van der Waals surface area contributed by atoms with Crippen LogP contribution in [0, 0.1) is 5.82 Å². The van der Waals surface area contributed by atoms with Crippen molar-refractivity contribution in [3.8, 4) is 0 Å². The maximum absolute atomic E-state index is 12.7. The molecule has 1 heterocycles. The van der Waals surface area contributed by atoms with Crippen molar-refractivity contribution < 1.29 is 18.3 Å². The third-order valence-electron chi connectivity index (χ3n) is 1.50. The van der Waals surface area contributed by atoms with Crippen LogP contribution in [-0.4, -0.2) is 19.7 Å². The molecule has 4 nitrogen and oxygen atoms in total.